The second-order valence-electron chi connectivity index (χ2n) is 4.70. The summed E-state index contributed by atoms with van der Waals surface area (Å²) in [7, 11) is 1.33. The van der Waals surface area contributed by atoms with Crippen molar-refractivity contribution in [3.05, 3.63) is 64.1 Å². The van der Waals surface area contributed by atoms with Gasteiger partial charge in [0, 0.05) is 15.9 Å². The topological polar surface area (TPSA) is 55.4 Å². The SMILES string of the molecule is COC(=O)c1ccc(NC(=O)CSCc2ccccc2Br)cc1. The summed E-state index contributed by atoms with van der Waals surface area (Å²) in [5.74, 6) is 0.649. The minimum Gasteiger partial charge on any atom is -0.465 e. The summed E-state index contributed by atoms with van der Waals surface area (Å²) >= 11 is 5.03. The van der Waals surface area contributed by atoms with Gasteiger partial charge in [-0.25, -0.2) is 4.79 Å². The van der Waals surface area contributed by atoms with Crippen LogP contribution in [0, 0.1) is 0 Å². The molecule has 0 heterocycles. The first-order valence-corrected chi connectivity index (χ1v) is 8.84. The Labute approximate surface area is 147 Å². The van der Waals surface area contributed by atoms with Gasteiger partial charge in [-0.3, -0.25) is 4.79 Å². The van der Waals surface area contributed by atoms with E-state index in [1.807, 2.05) is 24.3 Å². The van der Waals surface area contributed by atoms with Crippen molar-refractivity contribution in [3.8, 4) is 0 Å². The average molecular weight is 394 g/mol. The molecule has 23 heavy (non-hydrogen) atoms. The molecule has 0 bridgehead atoms. The van der Waals surface area contributed by atoms with Crippen LogP contribution in [0.25, 0.3) is 0 Å². The van der Waals surface area contributed by atoms with Gasteiger partial charge in [0.05, 0.1) is 18.4 Å². The van der Waals surface area contributed by atoms with E-state index in [1.54, 1.807) is 36.0 Å². The quantitative estimate of drug-likeness (QED) is 0.750. The van der Waals surface area contributed by atoms with E-state index in [0.29, 0.717) is 17.0 Å². The highest BCUT2D eigenvalue weighted by molar-refractivity contribution is 9.10. The molecule has 2 rings (SSSR count). The van der Waals surface area contributed by atoms with E-state index in [-0.39, 0.29) is 5.91 Å². The smallest absolute Gasteiger partial charge is 0.337 e. The Kier molecular flexibility index (Phi) is 6.67. The van der Waals surface area contributed by atoms with Crippen LogP contribution < -0.4 is 5.32 Å². The summed E-state index contributed by atoms with van der Waals surface area (Å²) in [5.41, 5.74) is 2.27. The van der Waals surface area contributed by atoms with E-state index in [4.69, 9.17) is 0 Å². The second kappa shape index (κ2) is 8.74. The Bertz CT molecular complexity index is 688. The van der Waals surface area contributed by atoms with Crippen molar-refractivity contribution >= 4 is 45.3 Å². The largest absolute Gasteiger partial charge is 0.465 e. The second-order valence-corrected chi connectivity index (χ2v) is 6.54. The minimum atomic E-state index is -0.396. The van der Waals surface area contributed by atoms with E-state index in [1.165, 1.54) is 7.11 Å². The van der Waals surface area contributed by atoms with Crippen LogP contribution in [0.4, 0.5) is 5.69 Å². The number of hydrogen-bond acceptors (Lipinski definition) is 4. The highest BCUT2D eigenvalue weighted by Crippen LogP contribution is 2.21. The molecule has 0 spiro atoms. The number of carbonyl (C=O) groups excluding carboxylic acids is 2. The number of esters is 1. The maximum atomic E-state index is 11.9. The Morgan fingerprint density at radius 2 is 1.83 bits per heavy atom. The summed E-state index contributed by atoms with van der Waals surface area (Å²) < 4.78 is 5.68. The van der Waals surface area contributed by atoms with Gasteiger partial charge in [-0.2, -0.15) is 0 Å². The van der Waals surface area contributed by atoms with Gasteiger partial charge in [-0.1, -0.05) is 34.1 Å². The third kappa shape index (κ3) is 5.41. The first-order chi connectivity index (χ1) is 11.1. The molecule has 0 saturated carbocycles. The summed E-state index contributed by atoms with van der Waals surface area (Å²) in [5, 5.41) is 2.80. The number of hydrogen-bond donors (Lipinski definition) is 1. The van der Waals surface area contributed by atoms with Gasteiger partial charge in [0.1, 0.15) is 0 Å². The number of rotatable bonds is 6. The lowest BCUT2D eigenvalue weighted by Gasteiger charge is -2.07. The van der Waals surface area contributed by atoms with Crippen molar-refractivity contribution in [1.82, 2.24) is 0 Å². The number of carbonyl (C=O) groups is 2. The van der Waals surface area contributed by atoms with Crippen LogP contribution in [-0.4, -0.2) is 24.7 Å². The third-order valence-corrected chi connectivity index (χ3v) is 4.79. The molecule has 0 aliphatic rings. The van der Waals surface area contributed by atoms with Crippen molar-refractivity contribution in [1.29, 1.82) is 0 Å². The molecule has 6 heteroatoms. The van der Waals surface area contributed by atoms with Gasteiger partial charge < -0.3 is 10.1 Å². The molecular formula is C17H16BrNO3S. The number of benzene rings is 2. The van der Waals surface area contributed by atoms with E-state index in [9.17, 15) is 9.59 Å². The van der Waals surface area contributed by atoms with Gasteiger partial charge >= 0.3 is 5.97 Å². The molecule has 0 aliphatic heterocycles. The zero-order valence-corrected chi connectivity index (χ0v) is 14.9. The maximum Gasteiger partial charge on any atom is 0.337 e. The van der Waals surface area contributed by atoms with Crippen LogP contribution in [-0.2, 0) is 15.3 Å². The van der Waals surface area contributed by atoms with E-state index in [0.717, 1.165) is 15.8 Å². The number of thioether (sulfide) groups is 1. The number of nitrogens with one attached hydrogen (secondary N) is 1. The molecule has 0 radical (unpaired) electrons. The maximum absolute atomic E-state index is 11.9. The van der Waals surface area contributed by atoms with Crippen LogP contribution in [0.1, 0.15) is 15.9 Å². The molecule has 0 aliphatic carbocycles. The molecule has 0 atom stereocenters. The molecule has 1 amide bonds. The molecular weight excluding hydrogens is 378 g/mol. The number of methoxy groups -OCH3 is 1. The van der Waals surface area contributed by atoms with Gasteiger partial charge in [0.15, 0.2) is 0 Å². The predicted octanol–water partition coefficient (Wildman–Crippen LogP) is 4.11. The fourth-order valence-electron chi connectivity index (χ4n) is 1.87. The van der Waals surface area contributed by atoms with Gasteiger partial charge in [-0.15, -0.1) is 11.8 Å². The standard InChI is InChI=1S/C17H16BrNO3S/c1-22-17(21)12-6-8-14(9-7-12)19-16(20)11-23-10-13-4-2-3-5-15(13)18/h2-9H,10-11H2,1H3,(H,19,20). The Hall–Kier alpha value is -1.79. The Morgan fingerprint density at radius 3 is 2.48 bits per heavy atom. The minimum absolute atomic E-state index is 0.0760. The molecule has 2 aromatic carbocycles. The lowest BCUT2D eigenvalue weighted by atomic mass is 10.2. The molecule has 0 fully saturated rings. The van der Waals surface area contributed by atoms with E-state index >= 15 is 0 Å². The highest BCUT2D eigenvalue weighted by Gasteiger charge is 2.07. The van der Waals surface area contributed by atoms with Crippen molar-refractivity contribution in [2.24, 2.45) is 0 Å². The normalized spacial score (nSPS) is 10.2. The van der Waals surface area contributed by atoms with E-state index in [2.05, 4.69) is 26.0 Å². The van der Waals surface area contributed by atoms with Crippen molar-refractivity contribution < 1.29 is 14.3 Å². The van der Waals surface area contributed by atoms with Crippen LogP contribution in [0.15, 0.2) is 53.0 Å². The lowest BCUT2D eigenvalue weighted by Crippen LogP contribution is -2.14. The van der Waals surface area contributed by atoms with Gasteiger partial charge in [0.25, 0.3) is 0 Å². The fourth-order valence-corrected chi connectivity index (χ4v) is 3.32. The molecule has 0 unspecified atom stereocenters. The molecule has 0 saturated heterocycles. The number of anilines is 1. The number of ether oxygens (including phenoxy) is 1. The first-order valence-electron chi connectivity index (χ1n) is 6.89. The third-order valence-electron chi connectivity index (χ3n) is 3.04. The van der Waals surface area contributed by atoms with Crippen LogP contribution in [0.3, 0.4) is 0 Å². The lowest BCUT2D eigenvalue weighted by molar-refractivity contribution is -0.113. The number of halogens is 1. The summed E-state index contributed by atoms with van der Waals surface area (Å²) in [6, 6.07) is 14.6. The zero-order chi connectivity index (χ0) is 16.7. The van der Waals surface area contributed by atoms with Crippen LogP contribution >= 0.6 is 27.7 Å². The first kappa shape index (κ1) is 17.6. The number of amides is 1. The Morgan fingerprint density at radius 1 is 1.13 bits per heavy atom. The average Bonchev–Trinajstić information content (AvgIpc) is 2.56. The van der Waals surface area contributed by atoms with Crippen molar-refractivity contribution in [3.63, 3.8) is 0 Å². The predicted molar refractivity (Wildman–Crippen MR) is 96.7 cm³/mol. The van der Waals surface area contributed by atoms with Crippen LogP contribution in [0.2, 0.25) is 0 Å². The van der Waals surface area contributed by atoms with E-state index < -0.39 is 5.97 Å². The zero-order valence-electron chi connectivity index (χ0n) is 12.5. The fraction of sp³-hybridized carbons (Fsp3) is 0.176. The Balaban J connectivity index is 1.81. The molecule has 4 nitrogen and oxygen atoms in total. The van der Waals surface area contributed by atoms with Crippen LogP contribution in [0.5, 0.6) is 0 Å². The summed E-state index contributed by atoms with van der Waals surface area (Å²) in [6.45, 7) is 0. The summed E-state index contributed by atoms with van der Waals surface area (Å²) in [4.78, 5) is 23.3. The van der Waals surface area contributed by atoms with Crippen molar-refractivity contribution in [2.75, 3.05) is 18.2 Å². The van der Waals surface area contributed by atoms with Crippen molar-refractivity contribution in [2.45, 2.75) is 5.75 Å². The molecule has 120 valence electrons. The molecule has 1 N–H and O–H groups in total. The van der Waals surface area contributed by atoms with Gasteiger partial charge in [0.2, 0.25) is 5.91 Å². The molecule has 0 aromatic heterocycles. The molecule has 2 aromatic rings. The van der Waals surface area contributed by atoms with Gasteiger partial charge in [-0.05, 0) is 35.9 Å². The summed E-state index contributed by atoms with van der Waals surface area (Å²) in [6.07, 6.45) is 0. The highest BCUT2D eigenvalue weighted by atomic mass is 79.9. The monoisotopic (exact) mass is 393 g/mol.